The van der Waals surface area contributed by atoms with E-state index in [9.17, 15) is 5.11 Å². The fourth-order valence-corrected chi connectivity index (χ4v) is 2.84. The lowest BCUT2D eigenvalue weighted by atomic mass is 9.92. The summed E-state index contributed by atoms with van der Waals surface area (Å²) in [6, 6.07) is 0.243. The molecule has 2 aliphatic carbocycles. The minimum atomic E-state index is -0.183. The van der Waals surface area contributed by atoms with Crippen LogP contribution in [-0.2, 0) is 0 Å². The molecule has 0 amide bonds. The van der Waals surface area contributed by atoms with Gasteiger partial charge in [0.15, 0.2) is 0 Å². The van der Waals surface area contributed by atoms with E-state index < -0.39 is 0 Å². The Hall–Kier alpha value is -0.340. The lowest BCUT2D eigenvalue weighted by molar-refractivity contribution is 0.102. The molecular weight excluding hydrogens is 174 g/mol. The number of hydrogen-bond acceptors (Lipinski definition) is 2. The Morgan fingerprint density at radius 2 is 2.29 bits per heavy atom. The first-order chi connectivity index (χ1) is 6.77. The molecule has 2 rings (SSSR count). The minimum absolute atomic E-state index is 0.183. The average Bonchev–Trinajstić information content (AvgIpc) is 2.75. The third-order valence-electron chi connectivity index (χ3n) is 3.73. The zero-order chi connectivity index (χ0) is 9.97. The summed E-state index contributed by atoms with van der Waals surface area (Å²) < 4.78 is 0. The van der Waals surface area contributed by atoms with Crippen LogP contribution in [-0.4, -0.2) is 17.3 Å². The van der Waals surface area contributed by atoms with Crippen LogP contribution in [0.1, 0.15) is 44.9 Å². The van der Waals surface area contributed by atoms with Crippen LogP contribution in [0.25, 0.3) is 0 Å². The van der Waals surface area contributed by atoms with E-state index in [1.807, 2.05) is 0 Å². The standard InChI is InChI=1S/C12H21NO/c13-11-7-3-6-10(11)12(14)8-9-4-1-2-5-9/h4,10-12,14H,1-3,5-8,13H2/t10-,11+,12?/m0/s1. The largest absolute Gasteiger partial charge is 0.392 e. The molecule has 1 saturated carbocycles. The number of hydrogen-bond donors (Lipinski definition) is 2. The maximum Gasteiger partial charge on any atom is 0.0620 e. The summed E-state index contributed by atoms with van der Waals surface area (Å²) in [6.07, 6.45) is 10.1. The maximum absolute atomic E-state index is 10.1. The van der Waals surface area contributed by atoms with Gasteiger partial charge in [0, 0.05) is 12.0 Å². The van der Waals surface area contributed by atoms with Gasteiger partial charge < -0.3 is 10.8 Å². The molecule has 0 aliphatic heterocycles. The summed E-state index contributed by atoms with van der Waals surface area (Å²) >= 11 is 0. The Kier molecular flexibility index (Phi) is 3.24. The Bertz CT molecular complexity index is 224. The molecule has 1 fully saturated rings. The molecule has 0 aromatic rings. The fourth-order valence-electron chi connectivity index (χ4n) is 2.84. The van der Waals surface area contributed by atoms with Crippen molar-refractivity contribution in [1.82, 2.24) is 0 Å². The summed E-state index contributed by atoms with van der Waals surface area (Å²) in [6.45, 7) is 0. The fraction of sp³-hybridized carbons (Fsp3) is 0.833. The van der Waals surface area contributed by atoms with E-state index >= 15 is 0 Å². The Balaban J connectivity index is 1.85. The van der Waals surface area contributed by atoms with Crippen LogP contribution >= 0.6 is 0 Å². The van der Waals surface area contributed by atoms with Gasteiger partial charge in [0.2, 0.25) is 0 Å². The van der Waals surface area contributed by atoms with Crippen LogP contribution < -0.4 is 5.73 Å². The van der Waals surface area contributed by atoms with Gasteiger partial charge in [-0.1, -0.05) is 18.1 Å². The lowest BCUT2D eigenvalue weighted by Gasteiger charge is -2.22. The van der Waals surface area contributed by atoms with Crippen molar-refractivity contribution >= 4 is 0 Å². The molecule has 0 radical (unpaired) electrons. The van der Waals surface area contributed by atoms with E-state index in [-0.39, 0.29) is 12.1 Å². The van der Waals surface area contributed by atoms with Gasteiger partial charge in [-0.2, -0.15) is 0 Å². The van der Waals surface area contributed by atoms with Gasteiger partial charge >= 0.3 is 0 Å². The molecule has 2 nitrogen and oxygen atoms in total. The van der Waals surface area contributed by atoms with E-state index in [4.69, 9.17) is 5.73 Å². The predicted molar refractivity (Wildman–Crippen MR) is 57.9 cm³/mol. The summed E-state index contributed by atoms with van der Waals surface area (Å²) in [4.78, 5) is 0. The molecule has 2 aliphatic rings. The van der Waals surface area contributed by atoms with Gasteiger partial charge in [-0.15, -0.1) is 0 Å². The highest BCUT2D eigenvalue weighted by molar-refractivity contribution is 5.09. The van der Waals surface area contributed by atoms with Crippen LogP contribution in [0.3, 0.4) is 0 Å². The van der Waals surface area contributed by atoms with E-state index in [1.165, 1.54) is 31.3 Å². The first kappa shape index (κ1) is 10.2. The monoisotopic (exact) mass is 195 g/mol. The third kappa shape index (κ3) is 2.18. The average molecular weight is 195 g/mol. The number of aliphatic hydroxyl groups is 1. The highest BCUT2D eigenvalue weighted by Crippen LogP contribution is 2.31. The molecule has 0 bridgehead atoms. The molecule has 1 unspecified atom stereocenters. The maximum atomic E-state index is 10.1. The lowest BCUT2D eigenvalue weighted by Crippen LogP contribution is -2.33. The molecule has 2 heteroatoms. The first-order valence-electron chi connectivity index (χ1n) is 5.89. The van der Waals surface area contributed by atoms with E-state index in [2.05, 4.69) is 6.08 Å². The predicted octanol–water partition coefficient (Wildman–Crippen LogP) is 1.98. The first-order valence-corrected chi connectivity index (χ1v) is 5.89. The second kappa shape index (κ2) is 4.45. The van der Waals surface area contributed by atoms with Crippen LogP contribution in [0.15, 0.2) is 11.6 Å². The molecule has 0 aromatic heterocycles. The quantitative estimate of drug-likeness (QED) is 0.676. The number of nitrogens with two attached hydrogens (primary N) is 1. The second-order valence-electron chi connectivity index (χ2n) is 4.78. The van der Waals surface area contributed by atoms with E-state index in [0.29, 0.717) is 5.92 Å². The van der Waals surface area contributed by atoms with Gasteiger partial charge in [-0.05, 0) is 38.5 Å². The molecular formula is C12H21NO. The van der Waals surface area contributed by atoms with Crippen molar-refractivity contribution < 1.29 is 5.11 Å². The Morgan fingerprint density at radius 1 is 1.43 bits per heavy atom. The van der Waals surface area contributed by atoms with Crippen molar-refractivity contribution in [3.8, 4) is 0 Å². The van der Waals surface area contributed by atoms with Crippen molar-refractivity contribution in [3.05, 3.63) is 11.6 Å². The SMILES string of the molecule is N[C@@H]1CCC[C@@H]1C(O)CC1=CCCC1. The van der Waals surface area contributed by atoms with Gasteiger partial charge in [0.1, 0.15) is 0 Å². The molecule has 0 saturated heterocycles. The summed E-state index contributed by atoms with van der Waals surface area (Å²) in [5, 5.41) is 10.1. The third-order valence-corrected chi connectivity index (χ3v) is 3.73. The zero-order valence-corrected chi connectivity index (χ0v) is 8.78. The number of rotatable bonds is 3. The molecule has 0 spiro atoms. The second-order valence-corrected chi connectivity index (χ2v) is 4.78. The minimum Gasteiger partial charge on any atom is -0.392 e. The van der Waals surface area contributed by atoms with Crippen LogP contribution in [0.5, 0.6) is 0 Å². The topological polar surface area (TPSA) is 46.2 Å². The molecule has 0 heterocycles. The van der Waals surface area contributed by atoms with Crippen molar-refractivity contribution in [2.75, 3.05) is 0 Å². The summed E-state index contributed by atoms with van der Waals surface area (Å²) in [5.74, 6) is 0.358. The molecule has 3 N–H and O–H groups in total. The molecule has 14 heavy (non-hydrogen) atoms. The van der Waals surface area contributed by atoms with Crippen molar-refractivity contribution in [2.24, 2.45) is 11.7 Å². The Labute approximate surface area is 86.2 Å². The number of aliphatic hydroxyl groups excluding tert-OH is 1. The van der Waals surface area contributed by atoms with Crippen molar-refractivity contribution in [1.29, 1.82) is 0 Å². The van der Waals surface area contributed by atoms with E-state index in [0.717, 1.165) is 19.3 Å². The zero-order valence-electron chi connectivity index (χ0n) is 8.78. The van der Waals surface area contributed by atoms with Crippen LogP contribution in [0, 0.1) is 5.92 Å². The highest BCUT2D eigenvalue weighted by atomic mass is 16.3. The van der Waals surface area contributed by atoms with Gasteiger partial charge in [-0.25, -0.2) is 0 Å². The molecule has 0 aromatic carbocycles. The summed E-state index contributed by atoms with van der Waals surface area (Å²) in [5.41, 5.74) is 7.43. The Morgan fingerprint density at radius 3 is 2.86 bits per heavy atom. The number of allylic oxidation sites excluding steroid dienone is 1. The molecule has 3 atom stereocenters. The smallest absolute Gasteiger partial charge is 0.0620 e. The van der Waals surface area contributed by atoms with Crippen LogP contribution in [0.2, 0.25) is 0 Å². The van der Waals surface area contributed by atoms with Gasteiger partial charge in [-0.3, -0.25) is 0 Å². The van der Waals surface area contributed by atoms with Crippen LogP contribution in [0.4, 0.5) is 0 Å². The highest BCUT2D eigenvalue weighted by Gasteiger charge is 2.30. The van der Waals surface area contributed by atoms with Gasteiger partial charge in [0.05, 0.1) is 6.10 Å². The van der Waals surface area contributed by atoms with Crippen molar-refractivity contribution in [3.63, 3.8) is 0 Å². The molecule has 80 valence electrons. The normalized spacial score (nSPS) is 34.6. The van der Waals surface area contributed by atoms with E-state index in [1.54, 1.807) is 0 Å². The summed E-state index contributed by atoms with van der Waals surface area (Å²) in [7, 11) is 0. The van der Waals surface area contributed by atoms with Gasteiger partial charge in [0.25, 0.3) is 0 Å². The van der Waals surface area contributed by atoms with Crippen molar-refractivity contribution in [2.45, 2.75) is 57.1 Å².